The number of aromatic nitrogens is 1. The quantitative estimate of drug-likeness (QED) is 0.815. The van der Waals surface area contributed by atoms with Gasteiger partial charge in [0, 0.05) is 24.9 Å². The van der Waals surface area contributed by atoms with Crippen LogP contribution in [-0.2, 0) is 6.42 Å². The lowest BCUT2D eigenvalue weighted by Crippen LogP contribution is -2.60. The number of aryl methyl sites for hydroxylation is 1. The number of fused-ring (bicyclic) bond motifs is 2. The van der Waals surface area contributed by atoms with Crippen LogP contribution in [-0.4, -0.2) is 59.5 Å². The van der Waals surface area contributed by atoms with Gasteiger partial charge in [-0.15, -0.1) is 0 Å². The van der Waals surface area contributed by atoms with Crippen molar-refractivity contribution in [2.24, 2.45) is 5.92 Å². The monoisotopic (exact) mass is 381 g/mol. The molecule has 0 N–H and O–H groups in total. The van der Waals surface area contributed by atoms with Crippen LogP contribution in [0, 0.1) is 5.92 Å². The van der Waals surface area contributed by atoms with Gasteiger partial charge in [-0.3, -0.25) is 9.69 Å². The number of piperidine rings is 3. The average molecular weight is 381 g/mol. The van der Waals surface area contributed by atoms with Crippen molar-refractivity contribution in [2.45, 2.75) is 44.2 Å². The van der Waals surface area contributed by atoms with Gasteiger partial charge in [-0.05, 0) is 49.5 Å². The van der Waals surface area contributed by atoms with Crippen molar-refractivity contribution < 1.29 is 13.9 Å². The third-order valence-electron chi connectivity index (χ3n) is 6.96. The smallest absolute Gasteiger partial charge is 0.276 e. The molecule has 4 saturated heterocycles. The molecule has 2 aromatic rings. The summed E-state index contributed by atoms with van der Waals surface area (Å²) in [4.78, 5) is 22.4. The fraction of sp³-hybridized carbons (Fsp3) is 0.545. The molecule has 148 valence electrons. The van der Waals surface area contributed by atoms with Gasteiger partial charge in [-0.25, -0.2) is 4.98 Å². The normalized spacial score (nSPS) is 31.1. The van der Waals surface area contributed by atoms with Gasteiger partial charge < -0.3 is 14.1 Å². The molecule has 0 spiro atoms. The number of oxazole rings is 1. The van der Waals surface area contributed by atoms with E-state index in [0.29, 0.717) is 35.8 Å². The van der Waals surface area contributed by atoms with Gasteiger partial charge in [0.05, 0.1) is 13.2 Å². The molecule has 0 unspecified atom stereocenters. The molecule has 1 amide bonds. The van der Waals surface area contributed by atoms with Crippen LogP contribution in [0.15, 0.2) is 35.1 Å². The Kier molecular flexibility index (Phi) is 4.38. The van der Waals surface area contributed by atoms with Crippen molar-refractivity contribution in [3.05, 3.63) is 47.7 Å². The first-order valence-corrected chi connectivity index (χ1v) is 10.3. The highest BCUT2D eigenvalue weighted by molar-refractivity contribution is 5.94. The second-order valence-corrected chi connectivity index (χ2v) is 8.17. The molecular formula is C22H27N3O3. The van der Waals surface area contributed by atoms with Gasteiger partial charge >= 0.3 is 0 Å². The highest BCUT2D eigenvalue weighted by Crippen LogP contribution is 2.47. The molecule has 1 aromatic carbocycles. The van der Waals surface area contributed by atoms with Crippen LogP contribution < -0.4 is 4.74 Å². The van der Waals surface area contributed by atoms with E-state index >= 15 is 0 Å². The first-order chi connectivity index (χ1) is 13.7. The summed E-state index contributed by atoms with van der Waals surface area (Å²) >= 11 is 0. The molecule has 0 radical (unpaired) electrons. The summed E-state index contributed by atoms with van der Waals surface area (Å²) in [6.07, 6.45) is 4.44. The van der Waals surface area contributed by atoms with Crippen molar-refractivity contribution >= 4 is 5.91 Å². The summed E-state index contributed by atoms with van der Waals surface area (Å²) in [5.74, 6) is 2.49. The maximum absolute atomic E-state index is 13.5. The number of carbonyl (C=O) groups excluding carboxylic acids is 1. The Hall–Kier alpha value is -2.34. The zero-order chi connectivity index (χ0) is 19.3. The number of rotatable bonds is 4. The van der Waals surface area contributed by atoms with Crippen molar-refractivity contribution in [1.29, 1.82) is 0 Å². The Balaban J connectivity index is 1.51. The lowest BCUT2D eigenvalue weighted by Gasteiger charge is -2.51. The van der Waals surface area contributed by atoms with Crippen LogP contribution in [0.2, 0.25) is 0 Å². The Bertz CT molecular complexity index is 854. The SMILES string of the molecule is CCc1ocnc1C(=O)N1C[C@@H](c2ccc(OC)cc2)[C@@H]2[C@H]1C1CCN2CC1. The van der Waals surface area contributed by atoms with Crippen LogP contribution >= 0.6 is 0 Å². The fourth-order valence-corrected chi connectivity index (χ4v) is 5.63. The number of carbonyl (C=O) groups is 1. The fourth-order valence-electron chi connectivity index (χ4n) is 5.63. The number of hydrogen-bond donors (Lipinski definition) is 0. The summed E-state index contributed by atoms with van der Waals surface area (Å²) in [5.41, 5.74) is 1.78. The highest BCUT2D eigenvalue weighted by Gasteiger charge is 2.55. The van der Waals surface area contributed by atoms with Crippen LogP contribution in [0.25, 0.3) is 0 Å². The summed E-state index contributed by atoms with van der Waals surface area (Å²) in [7, 11) is 1.69. The molecule has 4 fully saturated rings. The van der Waals surface area contributed by atoms with E-state index in [4.69, 9.17) is 9.15 Å². The van der Waals surface area contributed by atoms with Crippen LogP contribution in [0.5, 0.6) is 5.75 Å². The molecule has 0 saturated carbocycles. The van der Waals surface area contributed by atoms with Gasteiger partial charge in [0.25, 0.3) is 5.91 Å². The van der Waals surface area contributed by atoms with E-state index in [-0.39, 0.29) is 11.9 Å². The van der Waals surface area contributed by atoms with Crippen molar-refractivity contribution in [1.82, 2.24) is 14.8 Å². The van der Waals surface area contributed by atoms with E-state index < -0.39 is 0 Å². The zero-order valence-electron chi connectivity index (χ0n) is 16.5. The third kappa shape index (κ3) is 2.65. The number of amides is 1. The van der Waals surface area contributed by atoms with Gasteiger partial charge in [0.2, 0.25) is 0 Å². The van der Waals surface area contributed by atoms with Gasteiger partial charge in [0.15, 0.2) is 12.1 Å². The minimum absolute atomic E-state index is 0.0327. The molecule has 1 aromatic heterocycles. The number of nitrogens with zero attached hydrogens (tertiary/aromatic N) is 3. The summed E-state index contributed by atoms with van der Waals surface area (Å²) in [5, 5.41) is 0. The van der Waals surface area contributed by atoms with Crippen molar-refractivity contribution in [3.63, 3.8) is 0 Å². The molecule has 3 atom stereocenters. The molecule has 6 rings (SSSR count). The van der Waals surface area contributed by atoms with E-state index in [1.54, 1.807) is 7.11 Å². The van der Waals surface area contributed by atoms with Crippen molar-refractivity contribution in [2.75, 3.05) is 26.7 Å². The Morgan fingerprint density at radius 1 is 1.21 bits per heavy atom. The third-order valence-corrected chi connectivity index (χ3v) is 6.96. The maximum Gasteiger partial charge on any atom is 0.276 e. The van der Waals surface area contributed by atoms with Crippen LogP contribution in [0.4, 0.5) is 0 Å². The van der Waals surface area contributed by atoms with Gasteiger partial charge in [0.1, 0.15) is 11.5 Å². The summed E-state index contributed by atoms with van der Waals surface area (Å²) in [6.45, 7) is 5.03. The molecule has 28 heavy (non-hydrogen) atoms. The standard InChI is InChI=1S/C22H27N3O3/c1-3-18-19(23-13-28-18)22(26)25-12-17(14-4-6-16(27-2)7-5-14)21-20(25)15-8-10-24(21)11-9-15/h4-7,13,15,17,20-21H,3,8-12H2,1-2H3/t17-,20+,21+/m0/s1. The van der Waals surface area contributed by atoms with E-state index in [1.165, 1.54) is 24.8 Å². The minimum atomic E-state index is 0.0327. The zero-order valence-corrected chi connectivity index (χ0v) is 16.5. The Morgan fingerprint density at radius 2 is 1.96 bits per heavy atom. The topological polar surface area (TPSA) is 58.8 Å². The molecule has 4 aliphatic heterocycles. The first kappa shape index (κ1) is 17.7. The summed E-state index contributed by atoms with van der Waals surface area (Å²) in [6, 6.07) is 9.03. The maximum atomic E-state index is 13.5. The van der Waals surface area contributed by atoms with E-state index in [2.05, 4.69) is 26.9 Å². The van der Waals surface area contributed by atoms with Gasteiger partial charge in [-0.1, -0.05) is 19.1 Å². The minimum Gasteiger partial charge on any atom is -0.497 e. The second-order valence-electron chi connectivity index (χ2n) is 8.17. The number of hydrogen-bond acceptors (Lipinski definition) is 5. The number of likely N-dealkylation sites (tertiary alicyclic amines) is 1. The van der Waals surface area contributed by atoms with E-state index in [0.717, 1.165) is 25.4 Å². The van der Waals surface area contributed by atoms with Crippen LogP contribution in [0.3, 0.4) is 0 Å². The Labute approximate surface area is 165 Å². The van der Waals surface area contributed by atoms with Crippen molar-refractivity contribution in [3.8, 4) is 5.75 Å². The molecule has 4 aliphatic rings. The number of methoxy groups -OCH3 is 1. The predicted octanol–water partition coefficient (Wildman–Crippen LogP) is 2.95. The lowest BCUT2D eigenvalue weighted by atomic mass is 9.75. The molecule has 6 heteroatoms. The Morgan fingerprint density at radius 3 is 2.64 bits per heavy atom. The molecule has 6 nitrogen and oxygen atoms in total. The predicted molar refractivity (Wildman–Crippen MR) is 105 cm³/mol. The number of benzene rings is 1. The molecule has 5 heterocycles. The highest BCUT2D eigenvalue weighted by atomic mass is 16.5. The molecular weight excluding hydrogens is 354 g/mol. The number of ether oxygens (including phenoxy) is 1. The van der Waals surface area contributed by atoms with E-state index in [9.17, 15) is 4.79 Å². The summed E-state index contributed by atoms with van der Waals surface area (Å²) < 4.78 is 10.8. The second kappa shape index (κ2) is 6.92. The average Bonchev–Trinajstić information content (AvgIpc) is 3.40. The first-order valence-electron chi connectivity index (χ1n) is 10.3. The largest absolute Gasteiger partial charge is 0.497 e. The van der Waals surface area contributed by atoms with Crippen LogP contribution in [0.1, 0.15) is 47.5 Å². The molecule has 0 aliphatic carbocycles. The van der Waals surface area contributed by atoms with Gasteiger partial charge in [-0.2, -0.15) is 0 Å². The lowest BCUT2D eigenvalue weighted by molar-refractivity contribution is -0.00362. The molecule has 2 bridgehead atoms. The van der Waals surface area contributed by atoms with E-state index in [1.807, 2.05) is 19.1 Å².